The van der Waals surface area contributed by atoms with Gasteiger partial charge in [0.2, 0.25) is 5.82 Å². The van der Waals surface area contributed by atoms with Gasteiger partial charge in [-0.05, 0) is 36.4 Å². The zero-order valence-electron chi connectivity index (χ0n) is 16.1. The van der Waals surface area contributed by atoms with E-state index in [4.69, 9.17) is 4.42 Å². The van der Waals surface area contributed by atoms with E-state index in [-0.39, 0.29) is 5.41 Å². The summed E-state index contributed by atoms with van der Waals surface area (Å²) in [5.41, 5.74) is 0.211. The van der Waals surface area contributed by atoms with Crippen LogP contribution in [0, 0.1) is 0 Å². The molecule has 0 saturated heterocycles. The minimum Gasteiger partial charge on any atom is -0.461 e. The number of thiophene rings is 1. The summed E-state index contributed by atoms with van der Waals surface area (Å²) < 4.78 is 5.33. The minimum absolute atomic E-state index is 0.211. The van der Waals surface area contributed by atoms with E-state index in [2.05, 4.69) is 48.3 Å². The molecule has 3 heterocycles. The Balaban J connectivity index is 1.36. The molecule has 1 aliphatic carbocycles. The molecule has 3 aromatic rings. The van der Waals surface area contributed by atoms with Crippen LogP contribution in [-0.4, -0.2) is 34.7 Å². The van der Waals surface area contributed by atoms with Crippen molar-refractivity contribution < 1.29 is 4.42 Å². The lowest BCUT2D eigenvalue weighted by atomic mass is 9.73. The molecular formula is C20H26N6OS. The smallest absolute Gasteiger partial charge is 0.216 e. The van der Waals surface area contributed by atoms with Crippen molar-refractivity contribution in [1.82, 2.24) is 25.8 Å². The second-order valence-corrected chi connectivity index (χ2v) is 8.13. The summed E-state index contributed by atoms with van der Waals surface area (Å²) in [6.45, 7) is 1.40. The Hall–Kier alpha value is -2.61. The molecule has 0 atom stereocenters. The van der Waals surface area contributed by atoms with Gasteiger partial charge >= 0.3 is 0 Å². The Morgan fingerprint density at radius 1 is 1.25 bits per heavy atom. The summed E-state index contributed by atoms with van der Waals surface area (Å²) in [6, 6.07) is 8.10. The van der Waals surface area contributed by atoms with Crippen LogP contribution in [-0.2, 0) is 12.0 Å². The van der Waals surface area contributed by atoms with E-state index in [1.807, 2.05) is 23.5 Å². The van der Waals surface area contributed by atoms with Crippen molar-refractivity contribution in [3.8, 4) is 11.6 Å². The van der Waals surface area contributed by atoms with Crippen LogP contribution in [0.4, 0.5) is 0 Å². The van der Waals surface area contributed by atoms with E-state index in [0.717, 1.165) is 18.3 Å². The van der Waals surface area contributed by atoms with Crippen LogP contribution in [0.2, 0.25) is 0 Å². The molecular weight excluding hydrogens is 372 g/mol. The Morgan fingerprint density at radius 3 is 2.86 bits per heavy atom. The van der Waals surface area contributed by atoms with Crippen LogP contribution in [0.25, 0.3) is 11.6 Å². The fraction of sp³-hybridized carbons (Fsp3) is 0.450. The van der Waals surface area contributed by atoms with E-state index >= 15 is 0 Å². The summed E-state index contributed by atoms with van der Waals surface area (Å²) in [4.78, 5) is 10.3. The van der Waals surface area contributed by atoms with E-state index < -0.39 is 0 Å². The van der Waals surface area contributed by atoms with Crippen molar-refractivity contribution in [3.05, 3.63) is 46.6 Å². The van der Waals surface area contributed by atoms with Crippen molar-refractivity contribution in [3.63, 3.8) is 0 Å². The SMILES string of the molecule is CN=C(NCc1nc(-c2ccco2)n[nH]1)NCC1(c2cccs2)CCCCC1. The largest absolute Gasteiger partial charge is 0.461 e. The number of H-pyrrole nitrogens is 1. The van der Waals surface area contributed by atoms with Gasteiger partial charge in [-0.15, -0.1) is 16.4 Å². The fourth-order valence-corrected chi connectivity index (χ4v) is 4.84. The Morgan fingerprint density at radius 2 is 2.14 bits per heavy atom. The fourth-order valence-electron chi connectivity index (χ4n) is 3.85. The molecule has 0 spiro atoms. The molecule has 4 rings (SSSR count). The van der Waals surface area contributed by atoms with Gasteiger partial charge in [0.25, 0.3) is 0 Å². The third-order valence-electron chi connectivity index (χ3n) is 5.37. The van der Waals surface area contributed by atoms with Crippen LogP contribution in [0.3, 0.4) is 0 Å². The van der Waals surface area contributed by atoms with Crippen LogP contribution in [0.5, 0.6) is 0 Å². The summed E-state index contributed by atoms with van der Waals surface area (Å²) in [5.74, 6) is 2.72. The number of rotatable bonds is 6. The van der Waals surface area contributed by atoms with Gasteiger partial charge in [-0.1, -0.05) is 25.3 Å². The maximum Gasteiger partial charge on any atom is 0.216 e. The first-order valence-electron chi connectivity index (χ1n) is 9.73. The molecule has 0 aromatic carbocycles. The first kappa shape index (κ1) is 18.7. The normalized spacial score (nSPS) is 16.8. The number of hydrogen-bond donors (Lipinski definition) is 3. The number of aromatic nitrogens is 3. The highest BCUT2D eigenvalue weighted by molar-refractivity contribution is 7.10. The average Bonchev–Trinajstić information content (AvgIpc) is 3.51. The van der Waals surface area contributed by atoms with Gasteiger partial charge in [-0.3, -0.25) is 10.1 Å². The summed E-state index contributed by atoms with van der Waals surface area (Å²) in [6.07, 6.45) is 7.99. The standard InChI is InChI=1S/C20H26N6OS/c1-21-19(22-13-17-24-18(26-25-17)15-7-5-11-27-15)23-14-20(9-3-2-4-10-20)16-8-6-12-28-16/h5-8,11-12H,2-4,9-10,13-14H2,1H3,(H2,21,22,23)(H,24,25,26). The van der Waals surface area contributed by atoms with Gasteiger partial charge in [0.05, 0.1) is 12.8 Å². The predicted molar refractivity (Wildman–Crippen MR) is 111 cm³/mol. The first-order chi connectivity index (χ1) is 13.8. The molecule has 28 heavy (non-hydrogen) atoms. The lowest BCUT2D eigenvalue weighted by molar-refractivity contribution is 0.296. The molecule has 7 nitrogen and oxygen atoms in total. The second kappa shape index (κ2) is 8.60. The molecule has 0 aliphatic heterocycles. The van der Waals surface area contributed by atoms with Crippen molar-refractivity contribution in [2.24, 2.45) is 4.99 Å². The summed E-state index contributed by atoms with van der Waals surface area (Å²) in [5, 5.41) is 16.2. The highest BCUT2D eigenvalue weighted by Gasteiger charge is 2.34. The topological polar surface area (TPSA) is 91.1 Å². The summed E-state index contributed by atoms with van der Waals surface area (Å²) in [7, 11) is 1.79. The van der Waals surface area contributed by atoms with Gasteiger partial charge in [0, 0.05) is 23.9 Å². The lowest BCUT2D eigenvalue weighted by Crippen LogP contribution is -2.46. The number of nitrogens with zero attached hydrogens (tertiary/aromatic N) is 3. The van der Waals surface area contributed by atoms with Crippen molar-refractivity contribution in [2.75, 3.05) is 13.6 Å². The third kappa shape index (κ3) is 4.11. The second-order valence-electron chi connectivity index (χ2n) is 7.18. The van der Waals surface area contributed by atoms with Gasteiger partial charge in [0.1, 0.15) is 5.82 Å². The van der Waals surface area contributed by atoms with Gasteiger partial charge in [0.15, 0.2) is 11.7 Å². The third-order valence-corrected chi connectivity index (χ3v) is 6.49. The number of aromatic amines is 1. The molecule has 1 fully saturated rings. The van der Waals surface area contributed by atoms with E-state index in [0.29, 0.717) is 18.1 Å². The molecule has 0 amide bonds. The van der Waals surface area contributed by atoms with E-state index in [9.17, 15) is 0 Å². The van der Waals surface area contributed by atoms with Crippen LogP contribution < -0.4 is 10.6 Å². The number of nitrogens with one attached hydrogen (secondary N) is 3. The lowest BCUT2D eigenvalue weighted by Gasteiger charge is -2.37. The highest BCUT2D eigenvalue weighted by atomic mass is 32.1. The molecule has 0 bridgehead atoms. The maximum atomic E-state index is 5.33. The molecule has 8 heteroatoms. The zero-order chi connectivity index (χ0) is 19.2. The molecule has 1 saturated carbocycles. The molecule has 0 radical (unpaired) electrons. The van der Waals surface area contributed by atoms with Gasteiger partial charge in [-0.2, -0.15) is 0 Å². The quantitative estimate of drug-likeness (QED) is 0.435. The van der Waals surface area contributed by atoms with Gasteiger partial charge < -0.3 is 15.1 Å². The molecule has 1 aliphatic rings. The highest BCUT2D eigenvalue weighted by Crippen LogP contribution is 2.41. The number of aliphatic imine (C=N–C) groups is 1. The molecule has 3 aromatic heterocycles. The monoisotopic (exact) mass is 398 g/mol. The molecule has 3 N–H and O–H groups in total. The Kier molecular flexibility index (Phi) is 5.76. The van der Waals surface area contributed by atoms with Crippen LogP contribution in [0.1, 0.15) is 42.8 Å². The number of guanidine groups is 1. The van der Waals surface area contributed by atoms with Crippen LogP contribution in [0.15, 0.2) is 45.3 Å². The first-order valence-corrected chi connectivity index (χ1v) is 10.6. The predicted octanol–water partition coefficient (Wildman–Crippen LogP) is 3.69. The zero-order valence-corrected chi connectivity index (χ0v) is 16.9. The maximum absolute atomic E-state index is 5.33. The number of furan rings is 1. The molecule has 148 valence electrons. The van der Waals surface area contributed by atoms with Crippen LogP contribution >= 0.6 is 11.3 Å². The van der Waals surface area contributed by atoms with E-state index in [1.165, 1.54) is 37.0 Å². The molecule has 0 unspecified atom stereocenters. The Bertz CT molecular complexity index is 878. The van der Waals surface area contributed by atoms with Crippen molar-refractivity contribution in [1.29, 1.82) is 0 Å². The van der Waals surface area contributed by atoms with Gasteiger partial charge in [-0.25, -0.2) is 4.98 Å². The average molecular weight is 399 g/mol. The van der Waals surface area contributed by atoms with Crippen molar-refractivity contribution in [2.45, 2.75) is 44.1 Å². The number of hydrogen-bond acceptors (Lipinski definition) is 5. The van der Waals surface area contributed by atoms with E-state index in [1.54, 1.807) is 13.3 Å². The minimum atomic E-state index is 0.211. The van der Waals surface area contributed by atoms with Crippen molar-refractivity contribution >= 4 is 17.3 Å². The Labute approximate surface area is 168 Å². The summed E-state index contributed by atoms with van der Waals surface area (Å²) >= 11 is 1.87.